The van der Waals surface area contributed by atoms with E-state index in [1.807, 2.05) is 6.92 Å². The fourth-order valence-corrected chi connectivity index (χ4v) is 2.35. The van der Waals surface area contributed by atoms with Crippen LogP contribution in [0.25, 0.3) is 0 Å². The molecule has 0 amide bonds. The Morgan fingerprint density at radius 2 is 1.86 bits per heavy atom. The highest BCUT2D eigenvalue weighted by Crippen LogP contribution is 2.35. The van der Waals surface area contributed by atoms with E-state index in [2.05, 4.69) is 4.74 Å². The third-order valence-electron chi connectivity index (χ3n) is 3.31. The molecule has 1 aliphatic heterocycles. The summed E-state index contributed by atoms with van der Waals surface area (Å²) in [5, 5.41) is 0. The lowest BCUT2D eigenvalue weighted by atomic mass is 9.97. The van der Waals surface area contributed by atoms with Gasteiger partial charge in [-0.05, 0) is 42.5 Å². The van der Waals surface area contributed by atoms with Crippen molar-refractivity contribution in [3.05, 3.63) is 41.2 Å². The molecule has 2 rings (SSSR count). The van der Waals surface area contributed by atoms with E-state index in [-0.39, 0.29) is 5.56 Å². The fourth-order valence-electron chi connectivity index (χ4n) is 2.35. The summed E-state index contributed by atoms with van der Waals surface area (Å²) in [5.74, 6) is -4.26. The van der Waals surface area contributed by atoms with Gasteiger partial charge in [0, 0.05) is 0 Å². The van der Waals surface area contributed by atoms with E-state index in [1.165, 1.54) is 0 Å². The van der Waals surface area contributed by atoms with Crippen molar-refractivity contribution in [2.24, 2.45) is 0 Å². The van der Waals surface area contributed by atoms with Crippen molar-refractivity contribution >= 4 is 0 Å². The molecule has 0 N–H and O–H groups in total. The topological polar surface area (TPSA) is 18.5 Å². The summed E-state index contributed by atoms with van der Waals surface area (Å²) in [6.07, 6.45) is -1.08. The van der Waals surface area contributed by atoms with Crippen LogP contribution in [0.2, 0.25) is 0 Å². The maximum atomic E-state index is 13.7. The summed E-state index contributed by atoms with van der Waals surface area (Å²) in [7, 11) is 0. The predicted molar refractivity (Wildman–Crippen MR) is 69.1 cm³/mol. The van der Waals surface area contributed by atoms with E-state index in [1.54, 1.807) is 6.26 Å². The first kappa shape index (κ1) is 16.6. The minimum atomic E-state index is -5.15. The summed E-state index contributed by atoms with van der Waals surface area (Å²) in [6.45, 7) is 2.02. The Bertz CT molecular complexity index is 543. The lowest BCUT2D eigenvalue weighted by Gasteiger charge is -2.24. The molecule has 22 heavy (non-hydrogen) atoms. The fraction of sp³-hybridized carbons (Fsp3) is 0.467. The van der Waals surface area contributed by atoms with Crippen molar-refractivity contribution in [2.75, 3.05) is 0 Å². The average Bonchev–Trinajstić information content (AvgIpc) is 2.43. The number of rotatable bonds is 4. The Kier molecular flexibility index (Phi) is 4.93. The van der Waals surface area contributed by atoms with Gasteiger partial charge in [-0.3, -0.25) is 0 Å². The van der Waals surface area contributed by atoms with Crippen LogP contribution in [0.5, 0.6) is 5.75 Å². The second-order valence-electron chi connectivity index (χ2n) is 5.05. The number of hydrogen-bond donors (Lipinski definition) is 0. The molecule has 0 saturated carbocycles. The molecule has 1 atom stereocenters. The number of benzene rings is 1. The zero-order chi connectivity index (χ0) is 16.3. The monoisotopic (exact) mass is 322 g/mol. The Hall–Kier alpha value is -1.79. The first-order chi connectivity index (χ1) is 10.3. The van der Waals surface area contributed by atoms with Crippen LogP contribution in [0.3, 0.4) is 0 Å². The van der Waals surface area contributed by atoms with Crippen molar-refractivity contribution in [3.8, 4) is 5.75 Å². The molecule has 1 aromatic carbocycles. The van der Waals surface area contributed by atoms with Gasteiger partial charge in [0.1, 0.15) is 6.10 Å². The van der Waals surface area contributed by atoms with Crippen molar-refractivity contribution in [2.45, 2.75) is 45.1 Å². The third-order valence-corrected chi connectivity index (χ3v) is 3.31. The van der Waals surface area contributed by atoms with Crippen LogP contribution in [0.4, 0.5) is 22.0 Å². The molecule has 1 aromatic rings. The predicted octanol–water partition coefficient (Wildman–Crippen LogP) is 5.40. The maximum absolute atomic E-state index is 13.7. The van der Waals surface area contributed by atoms with Crippen LogP contribution in [0.15, 0.2) is 24.0 Å². The molecular formula is C15H15F5O2. The molecule has 0 spiro atoms. The van der Waals surface area contributed by atoms with Crippen LogP contribution < -0.4 is 4.74 Å². The largest absolute Gasteiger partial charge is 0.573 e. The zero-order valence-corrected chi connectivity index (χ0v) is 11.8. The van der Waals surface area contributed by atoms with Crippen molar-refractivity contribution in [3.63, 3.8) is 0 Å². The van der Waals surface area contributed by atoms with E-state index in [0.717, 1.165) is 37.0 Å². The van der Waals surface area contributed by atoms with Gasteiger partial charge in [-0.25, -0.2) is 8.78 Å². The highest BCUT2D eigenvalue weighted by Gasteiger charge is 2.34. The van der Waals surface area contributed by atoms with Gasteiger partial charge in [0.15, 0.2) is 11.6 Å². The van der Waals surface area contributed by atoms with Crippen LogP contribution in [-0.2, 0) is 4.74 Å². The first-order valence-electron chi connectivity index (χ1n) is 6.88. The SMILES string of the molecule is CCCC1=COC(c2cc(F)c(OC(F)(F)F)c(F)c2)CC1. The standard InChI is InChI=1S/C15H15F5O2/c1-2-3-9-4-5-13(21-8-9)10-6-11(16)14(12(17)7-10)22-15(18,19)20/h6-8,13H,2-5H2,1H3. The Morgan fingerprint density at radius 1 is 1.23 bits per heavy atom. The summed E-state index contributed by atoms with van der Waals surface area (Å²) >= 11 is 0. The van der Waals surface area contributed by atoms with E-state index in [9.17, 15) is 22.0 Å². The summed E-state index contributed by atoms with van der Waals surface area (Å²) in [5.41, 5.74) is 1.26. The van der Waals surface area contributed by atoms with E-state index in [0.29, 0.717) is 6.42 Å². The molecule has 0 saturated heterocycles. The lowest BCUT2D eigenvalue weighted by molar-refractivity contribution is -0.276. The summed E-state index contributed by atoms with van der Waals surface area (Å²) < 4.78 is 72.3. The Labute approximate surface area is 124 Å². The van der Waals surface area contributed by atoms with Gasteiger partial charge in [-0.15, -0.1) is 13.2 Å². The molecule has 0 fully saturated rings. The van der Waals surface area contributed by atoms with Gasteiger partial charge in [-0.1, -0.05) is 13.3 Å². The summed E-state index contributed by atoms with van der Waals surface area (Å²) in [4.78, 5) is 0. The number of alkyl halides is 3. The first-order valence-corrected chi connectivity index (χ1v) is 6.88. The number of ether oxygens (including phenoxy) is 2. The number of halogens is 5. The molecule has 0 bridgehead atoms. The van der Waals surface area contributed by atoms with Crippen LogP contribution in [0.1, 0.15) is 44.3 Å². The third kappa shape index (κ3) is 4.11. The van der Waals surface area contributed by atoms with E-state index in [4.69, 9.17) is 4.74 Å². The molecule has 0 radical (unpaired) electrons. The van der Waals surface area contributed by atoms with E-state index < -0.39 is 29.9 Å². The maximum Gasteiger partial charge on any atom is 0.573 e. The van der Waals surface area contributed by atoms with Crippen LogP contribution in [0, 0.1) is 11.6 Å². The van der Waals surface area contributed by atoms with Gasteiger partial charge in [0.05, 0.1) is 6.26 Å². The second-order valence-corrected chi connectivity index (χ2v) is 5.05. The molecule has 2 nitrogen and oxygen atoms in total. The highest BCUT2D eigenvalue weighted by molar-refractivity contribution is 5.33. The molecule has 7 heteroatoms. The lowest BCUT2D eigenvalue weighted by Crippen LogP contribution is -2.19. The quantitative estimate of drug-likeness (QED) is 0.691. The van der Waals surface area contributed by atoms with Crippen molar-refractivity contribution in [1.29, 1.82) is 0 Å². The van der Waals surface area contributed by atoms with Gasteiger partial charge in [0.2, 0.25) is 5.75 Å². The normalized spacial score (nSPS) is 18.6. The highest BCUT2D eigenvalue weighted by atomic mass is 19.4. The molecule has 0 aromatic heterocycles. The van der Waals surface area contributed by atoms with Gasteiger partial charge in [0.25, 0.3) is 0 Å². The van der Waals surface area contributed by atoms with Crippen molar-refractivity contribution in [1.82, 2.24) is 0 Å². The molecule has 122 valence electrons. The Morgan fingerprint density at radius 3 is 2.32 bits per heavy atom. The number of allylic oxidation sites excluding steroid dienone is 1. The average molecular weight is 322 g/mol. The summed E-state index contributed by atoms with van der Waals surface area (Å²) in [6, 6.07) is 1.63. The minimum Gasteiger partial charge on any atom is -0.493 e. The zero-order valence-electron chi connectivity index (χ0n) is 11.8. The number of hydrogen-bond acceptors (Lipinski definition) is 2. The van der Waals surface area contributed by atoms with Crippen LogP contribution >= 0.6 is 0 Å². The molecule has 0 aliphatic carbocycles. The van der Waals surface area contributed by atoms with Crippen molar-refractivity contribution < 1.29 is 31.4 Å². The molecule has 1 unspecified atom stereocenters. The Balaban J connectivity index is 2.17. The van der Waals surface area contributed by atoms with Gasteiger partial charge < -0.3 is 9.47 Å². The second kappa shape index (κ2) is 6.54. The van der Waals surface area contributed by atoms with Gasteiger partial charge >= 0.3 is 6.36 Å². The van der Waals surface area contributed by atoms with Crippen LogP contribution in [-0.4, -0.2) is 6.36 Å². The minimum absolute atomic E-state index is 0.149. The molecule has 1 aliphatic rings. The molecule has 1 heterocycles. The van der Waals surface area contributed by atoms with E-state index >= 15 is 0 Å². The van der Waals surface area contributed by atoms with Gasteiger partial charge in [-0.2, -0.15) is 0 Å². The smallest absolute Gasteiger partial charge is 0.493 e. The molecular weight excluding hydrogens is 307 g/mol.